The third-order valence-corrected chi connectivity index (χ3v) is 4.05. The summed E-state index contributed by atoms with van der Waals surface area (Å²) in [5.41, 5.74) is 2.43. The number of nitrogens with zero attached hydrogens (tertiary/aromatic N) is 2. The lowest BCUT2D eigenvalue weighted by atomic mass is 10.0. The first kappa shape index (κ1) is 16.1. The Morgan fingerprint density at radius 1 is 1.24 bits per heavy atom. The molecule has 0 aliphatic heterocycles. The Hall–Kier alpha value is -1.23. The molecule has 1 unspecified atom stereocenters. The molecule has 1 aromatic heterocycles. The van der Waals surface area contributed by atoms with Gasteiger partial charge in [-0.25, -0.2) is 0 Å². The van der Waals surface area contributed by atoms with Crippen LogP contribution in [0, 0.1) is 0 Å². The first-order valence-electron chi connectivity index (χ1n) is 7.20. The van der Waals surface area contributed by atoms with E-state index in [0.29, 0.717) is 6.04 Å². The van der Waals surface area contributed by atoms with Gasteiger partial charge in [0.2, 0.25) is 0 Å². The fourth-order valence-corrected chi connectivity index (χ4v) is 2.81. The average Bonchev–Trinajstić information content (AvgIpc) is 2.49. The van der Waals surface area contributed by atoms with Gasteiger partial charge >= 0.3 is 0 Å². The summed E-state index contributed by atoms with van der Waals surface area (Å²) >= 11 is 3.54. The Kier molecular flexibility index (Phi) is 6.36. The maximum absolute atomic E-state index is 4.37. The third-order valence-electron chi connectivity index (χ3n) is 3.56. The van der Waals surface area contributed by atoms with Crippen LogP contribution in [0.2, 0.25) is 0 Å². The van der Waals surface area contributed by atoms with Gasteiger partial charge in [-0.05, 0) is 50.3 Å². The van der Waals surface area contributed by atoms with Gasteiger partial charge in [0, 0.05) is 29.8 Å². The zero-order valence-electron chi connectivity index (χ0n) is 12.6. The number of hydrogen-bond acceptors (Lipinski definition) is 3. The minimum absolute atomic E-state index is 0.369. The van der Waals surface area contributed by atoms with Crippen molar-refractivity contribution < 1.29 is 0 Å². The summed E-state index contributed by atoms with van der Waals surface area (Å²) < 4.78 is 1.13. The molecule has 1 aromatic carbocycles. The first-order valence-corrected chi connectivity index (χ1v) is 7.99. The molecule has 0 radical (unpaired) electrons. The second-order valence-electron chi connectivity index (χ2n) is 5.24. The van der Waals surface area contributed by atoms with Gasteiger partial charge in [-0.3, -0.25) is 4.98 Å². The predicted molar refractivity (Wildman–Crippen MR) is 91.1 cm³/mol. The van der Waals surface area contributed by atoms with E-state index in [9.17, 15) is 0 Å². The Balaban J connectivity index is 1.88. The number of rotatable bonds is 7. The molecule has 0 amide bonds. The SMILES string of the molecule is CNC(CCN(C)Cc1ccccn1)c1cccc(Br)c1. The van der Waals surface area contributed by atoms with Gasteiger partial charge in [0.05, 0.1) is 5.69 Å². The van der Waals surface area contributed by atoms with Crippen molar-refractivity contribution in [2.75, 3.05) is 20.6 Å². The molecule has 1 atom stereocenters. The molecule has 0 saturated heterocycles. The van der Waals surface area contributed by atoms with E-state index in [4.69, 9.17) is 0 Å². The van der Waals surface area contributed by atoms with Crippen LogP contribution in [-0.4, -0.2) is 30.5 Å². The second kappa shape index (κ2) is 8.27. The summed E-state index contributed by atoms with van der Waals surface area (Å²) in [5.74, 6) is 0. The molecule has 0 spiro atoms. The number of aromatic nitrogens is 1. The maximum atomic E-state index is 4.37. The van der Waals surface area contributed by atoms with E-state index in [1.807, 2.05) is 25.4 Å². The topological polar surface area (TPSA) is 28.2 Å². The molecule has 112 valence electrons. The van der Waals surface area contributed by atoms with Crippen LogP contribution in [0.25, 0.3) is 0 Å². The Morgan fingerprint density at radius 2 is 2.10 bits per heavy atom. The number of nitrogens with one attached hydrogen (secondary N) is 1. The summed E-state index contributed by atoms with van der Waals surface area (Å²) in [6, 6.07) is 14.9. The maximum Gasteiger partial charge on any atom is 0.0543 e. The smallest absolute Gasteiger partial charge is 0.0543 e. The highest BCUT2D eigenvalue weighted by Crippen LogP contribution is 2.20. The van der Waals surface area contributed by atoms with Gasteiger partial charge in [0.25, 0.3) is 0 Å². The summed E-state index contributed by atoms with van der Waals surface area (Å²) in [4.78, 5) is 6.68. The van der Waals surface area contributed by atoms with Gasteiger partial charge in [0.15, 0.2) is 0 Å². The zero-order valence-corrected chi connectivity index (χ0v) is 14.2. The Labute approximate surface area is 135 Å². The predicted octanol–water partition coefficient (Wildman–Crippen LogP) is 3.63. The van der Waals surface area contributed by atoms with E-state index in [0.717, 1.165) is 29.7 Å². The van der Waals surface area contributed by atoms with Crippen molar-refractivity contribution >= 4 is 15.9 Å². The van der Waals surface area contributed by atoms with E-state index in [2.05, 4.69) is 68.5 Å². The van der Waals surface area contributed by atoms with Crippen LogP contribution in [0.15, 0.2) is 53.1 Å². The highest BCUT2D eigenvalue weighted by Gasteiger charge is 2.11. The van der Waals surface area contributed by atoms with Crippen LogP contribution in [0.4, 0.5) is 0 Å². The number of halogens is 1. The summed E-state index contributed by atoms with van der Waals surface area (Å²) in [6.07, 6.45) is 2.91. The van der Waals surface area contributed by atoms with E-state index >= 15 is 0 Å². The highest BCUT2D eigenvalue weighted by atomic mass is 79.9. The molecule has 3 nitrogen and oxygen atoms in total. The molecule has 0 bridgehead atoms. The van der Waals surface area contributed by atoms with Gasteiger partial charge in [0.1, 0.15) is 0 Å². The number of hydrogen-bond donors (Lipinski definition) is 1. The molecule has 0 aliphatic rings. The standard InChI is InChI=1S/C17H22BrN3/c1-19-17(14-6-5-7-15(18)12-14)9-11-21(2)13-16-8-3-4-10-20-16/h3-8,10,12,17,19H,9,11,13H2,1-2H3. The lowest BCUT2D eigenvalue weighted by Gasteiger charge is -2.21. The van der Waals surface area contributed by atoms with Gasteiger partial charge < -0.3 is 10.2 Å². The molecule has 2 aromatic rings. The fourth-order valence-electron chi connectivity index (χ4n) is 2.40. The molecular weight excluding hydrogens is 326 g/mol. The first-order chi connectivity index (χ1) is 10.2. The second-order valence-corrected chi connectivity index (χ2v) is 6.16. The van der Waals surface area contributed by atoms with Gasteiger partial charge in [-0.1, -0.05) is 34.1 Å². The molecule has 0 saturated carbocycles. The lowest BCUT2D eigenvalue weighted by Crippen LogP contribution is -2.25. The summed E-state index contributed by atoms with van der Waals surface area (Å²) in [7, 11) is 4.16. The van der Waals surface area contributed by atoms with E-state index in [-0.39, 0.29) is 0 Å². The van der Waals surface area contributed by atoms with Crippen molar-refractivity contribution in [1.29, 1.82) is 0 Å². The summed E-state index contributed by atoms with van der Waals surface area (Å²) in [5, 5.41) is 3.40. The molecule has 4 heteroatoms. The van der Waals surface area contributed by atoms with Crippen LogP contribution in [0.5, 0.6) is 0 Å². The van der Waals surface area contributed by atoms with Crippen molar-refractivity contribution in [2.45, 2.75) is 19.0 Å². The number of pyridine rings is 1. The Bertz CT molecular complexity index is 545. The van der Waals surface area contributed by atoms with Crippen molar-refractivity contribution in [2.24, 2.45) is 0 Å². The van der Waals surface area contributed by atoms with Gasteiger partial charge in [-0.15, -0.1) is 0 Å². The largest absolute Gasteiger partial charge is 0.313 e. The monoisotopic (exact) mass is 347 g/mol. The van der Waals surface area contributed by atoms with Gasteiger partial charge in [-0.2, -0.15) is 0 Å². The van der Waals surface area contributed by atoms with E-state index < -0.39 is 0 Å². The van der Waals surface area contributed by atoms with E-state index in [1.54, 1.807) is 0 Å². The fraction of sp³-hybridized carbons (Fsp3) is 0.353. The molecule has 1 heterocycles. The van der Waals surface area contributed by atoms with Crippen LogP contribution in [-0.2, 0) is 6.54 Å². The van der Waals surface area contributed by atoms with Crippen LogP contribution >= 0.6 is 15.9 Å². The van der Waals surface area contributed by atoms with E-state index in [1.165, 1.54) is 5.56 Å². The van der Waals surface area contributed by atoms with Crippen molar-refractivity contribution in [1.82, 2.24) is 15.2 Å². The highest BCUT2D eigenvalue weighted by molar-refractivity contribution is 9.10. The normalized spacial score (nSPS) is 12.6. The molecular formula is C17H22BrN3. The van der Waals surface area contributed by atoms with Crippen LogP contribution in [0.1, 0.15) is 23.7 Å². The van der Waals surface area contributed by atoms with Crippen molar-refractivity contribution in [3.63, 3.8) is 0 Å². The minimum Gasteiger partial charge on any atom is -0.313 e. The Morgan fingerprint density at radius 3 is 2.76 bits per heavy atom. The minimum atomic E-state index is 0.369. The van der Waals surface area contributed by atoms with Crippen molar-refractivity contribution in [3.05, 3.63) is 64.4 Å². The van der Waals surface area contributed by atoms with Crippen LogP contribution < -0.4 is 5.32 Å². The molecule has 0 aliphatic carbocycles. The summed E-state index contributed by atoms with van der Waals surface area (Å²) in [6.45, 7) is 1.91. The molecule has 2 rings (SSSR count). The quantitative estimate of drug-likeness (QED) is 0.828. The molecule has 21 heavy (non-hydrogen) atoms. The van der Waals surface area contributed by atoms with Crippen molar-refractivity contribution in [3.8, 4) is 0 Å². The molecule has 1 N–H and O–H groups in total. The zero-order chi connectivity index (χ0) is 15.1. The lowest BCUT2D eigenvalue weighted by molar-refractivity contribution is 0.300. The average molecular weight is 348 g/mol. The third kappa shape index (κ3) is 5.23. The van der Waals surface area contributed by atoms with Crippen LogP contribution in [0.3, 0.4) is 0 Å². The molecule has 0 fully saturated rings. The number of benzene rings is 1.